The second-order valence-electron chi connectivity index (χ2n) is 10.2. The highest BCUT2D eigenvalue weighted by molar-refractivity contribution is 8.77. The summed E-state index contributed by atoms with van der Waals surface area (Å²) >= 11 is 0. The minimum Gasteiger partial charge on any atom is -0.464 e. The summed E-state index contributed by atoms with van der Waals surface area (Å²) < 4.78 is 36.1. The molecule has 0 aliphatic carbocycles. The van der Waals surface area contributed by atoms with Crippen LogP contribution in [0.1, 0.15) is 54.4 Å². The van der Waals surface area contributed by atoms with Crippen LogP contribution in [0.5, 0.6) is 0 Å². The van der Waals surface area contributed by atoms with Crippen molar-refractivity contribution in [2.75, 3.05) is 38.1 Å². The van der Waals surface area contributed by atoms with E-state index in [2.05, 4.69) is 19.8 Å². The molecule has 2 heterocycles. The topological polar surface area (TPSA) is 113 Å². The number of pyridine rings is 2. The van der Waals surface area contributed by atoms with Gasteiger partial charge in [0.05, 0.1) is 24.2 Å². The van der Waals surface area contributed by atoms with Crippen LogP contribution in [-0.2, 0) is 40.4 Å². The molecule has 9 nitrogen and oxygen atoms in total. The molecule has 2 rings (SSSR count). The van der Waals surface area contributed by atoms with Crippen molar-refractivity contribution >= 4 is 65.2 Å². The van der Waals surface area contributed by atoms with Gasteiger partial charge in [-0.3, -0.25) is 13.8 Å². The van der Waals surface area contributed by atoms with Crippen LogP contribution in [0.15, 0.2) is 58.8 Å². The van der Waals surface area contributed by atoms with Crippen LogP contribution < -0.4 is 4.57 Å². The first kappa shape index (κ1) is 41.5. The summed E-state index contributed by atoms with van der Waals surface area (Å²) in [6.07, 6.45) is 6.38. The molecular formula is C29H47N2O7S5+. The second kappa shape index (κ2) is 22.1. The molecule has 2 aromatic heterocycles. The van der Waals surface area contributed by atoms with Crippen molar-refractivity contribution in [3.8, 4) is 0 Å². The molecule has 0 saturated heterocycles. The maximum atomic E-state index is 11.7. The Bertz CT molecular complexity index is 1180. The lowest BCUT2D eigenvalue weighted by Gasteiger charge is -2.20. The molecule has 0 radical (unpaired) electrons. The first-order valence-corrected chi connectivity index (χ1v) is 20.1. The van der Waals surface area contributed by atoms with Crippen LogP contribution in [0.3, 0.4) is 0 Å². The SMILES string of the molecule is CCC(C)(C)C(=O)OCCSSc1cccc[n+]1C.CCC(C)(C)C(=O)OCCSSc1ccccn1.COS(C)(=O)=O. The fourth-order valence-electron chi connectivity index (χ4n) is 2.21. The van der Waals surface area contributed by atoms with Crippen molar-refractivity contribution in [1.29, 1.82) is 0 Å². The monoisotopic (exact) mass is 695 g/mol. The Morgan fingerprint density at radius 3 is 1.77 bits per heavy atom. The van der Waals surface area contributed by atoms with Gasteiger partial charge in [-0.15, -0.1) is 0 Å². The lowest BCUT2D eigenvalue weighted by molar-refractivity contribution is -0.708. The Labute approximate surface area is 274 Å². The zero-order valence-corrected chi connectivity index (χ0v) is 30.7. The zero-order chi connectivity index (χ0) is 32.9. The number of nitrogens with zero attached hydrogens (tertiary/aromatic N) is 2. The third-order valence-electron chi connectivity index (χ3n) is 5.91. The second-order valence-corrected chi connectivity index (χ2v) is 16.9. The molecule has 0 aliphatic rings. The average molecular weight is 696 g/mol. The van der Waals surface area contributed by atoms with Crippen LogP contribution >= 0.6 is 43.2 Å². The molecular weight excluding hydrogens is 649 g/mol. The fourth-order valence-corrected chi connectivity index (χ4v) is 5.92. The van der Waals surface area contributed by atoms with Crippen molar-refractivity contribution in [2.24, 2.45) is 17.9 Å². The van der Waals surface area contributed by atoms with Gasteiger partial charge >= 0.3 is 11.9 Å². The molecule has 0 atom stereocenters. The number of ether oxygens (including phenoxy) is 2. The van der Waals surface area contributed by atoms with Crippen molar-refractivity contribution in [2.45, 2.75) is 64.4 Å². The Morgan fingerprint density at radius 2 is 1.35 bits per heavy atom. The highest BCUT2D eigenvalue weighted by atomic mass is 33.1. The molecule has 0 bridgehead atoms. The molecule has 0 unspecified atom stereocenters. The quantitative estimate of drug-likeness (QED) is 0.0656. The Kier molecular flexibility index (Phi) is 21.4. The van der Waals surface area contributed by atoms with Gasteiger partial charge in [-0.25, -0.2) is 4.98 Å². The molecule has 0 spiro atoms. The van der Waals surface area contributed by atoms with E-state index in [4.69, 9.17) is 9.47 Å². The van der Waals surface area contributed by atoms with Gasteiger partial charge in [0.25, 0.3) is 10.1 Å². The van der Waals surface area contributed by atoms with Crippen LogP contribution in [0.4, 0.5) is 0 Å². The lowest BCUT2D eigenvalue weighted by atomic mass is 9.91. The number of esters is 2. The van der Waals surface area contributed by atoms with Gasteiger partial charge in [-0.1, -0.05) is 41.5 Å². The number of carbonyl (C=O) groups excluding carboxylic acids is 2. The molecule has 0 aromatic carbocycles. The predicted molar refractivity (Wildman–Crippen MR) is 180 cm³/mol. The number of aryl methyl sites for hydroxylation is 1. The van der Waals surface area contributed by atoms with Gasteiger partial charge in [0.2, 0.25) is 5.03 Å². The number of hydrogen-bond donors (Lipinski definition) is 0. The van der Waals surface area contributed by atoms with Gasteiger partial charge in [0.15, 0.2) is 6.20 Å². The van der Waals surface area contributed by atoms with E-state index >= 15 is 0 Å². The van der Waals surface area contributed by atoms with Crippen LogP contribution in [-0.4, -0.2) is 63.4 Å². The third-order valence-corrected chi connectivity index (χ3v) is 11.2. The summed E-state index contributed by atoms with van der Waals surface area (Å²) in [7, 11) is 6.62. The minimum atomic E-state index is -3.16. The summed E-state index contributed by atoms with van der Waals surface area (Å²) in [6, 6.07) is 11.9. The molecule has 2 aromatic rings. The number of rotatable bonds is 15. The zero-order valence-electron chi connectivity index (χ0n) is 26.7. The third kappa shape index (κ3) is 20.3. The minimum absolute atomic E-state index is 0.106. The van der Waals surface area contributed by atoms with Gasteiger partial charge in [0, 0.05) is 40.6 Å². The highest BCUT2D eigenvalue weighted by Crippen LogP contribution is 2.29. The van der Waals surface area contributed by atoms with E-state index in [0.29, 0.717) is 13.2 Å². The van der Waals surface area contributed by atoms with Gasteiger partial charge < -0.3 is 9.47 Å². The smallest absolute Gasteiger partial charge is 0.311 e. The van der Waals surface area contributed by atoms with Gasteiger partial charge in [0.1, 0.15) is 25.3 Å². The van der Waals surface area contributed by atoms with Crippen LogP contribution in [0, 0.1) is 10.8 Å². The fraction of sp³-hybridized carbons (Fsp3) is 0.586. The first-order chi connectivity index (χ1) is 20.1. The van der Waals surface area contributed by atoms with E-state index in [-0.39, 0.29) is 22.8 Å². The summed E-state index contributed by atoms with van der Waals surface area (Å²) in [5, 5.41) is 2.16. The molecule has 0 saturated carbocycles. The predicted octanol–water partition coefficient (Wildman–Crippen LogP) is 6.62. The summed E-state index contributed by atoms with van der Waals surface area (Å²) in [4.78, 5) is 27.6. The van der Waals surface area contributed by atoms with Crippen molar-refractivity contribution in [3.63, 3.8) is 0 Å². The van der Waals surface area contributed by atoms with Gasteiger partial charge in [-0.2, -0.15) is 13.0 Å². The van der Waals surface area contributed by atoms with Gasteiger partial charge in [-0.05, 0) is 69.5 Å². The lowest BCUT2D eigenvalue weighted by Crippen LogP contribution is -2.29. The van der Waals surface area contributed by atoms with Crippen LogP contribution in [0.25, 0.3) is 0 Å². The normalized spacial score (nSPS) is 11.4. The highest BCUT2D eigenvalue weighted by Gasteiger charge is 2.27. The average Bonchev–Trinajstić information content (AvgIpc) is 2.98. The Morgan fingerprint density at radius 1 is 0.860 bits per heavy atom. The van der Waals surface area contributed by atoms with E-state index in [9.17, 15) is 18.0 Å². The van der Waals surface area contributed by atoms with Crippen molar-refractivity contribution in [3.05, 3.63) is 48.8 Å². The number of hydrogen-bond acceptors (Lipinski definition) is 12. The van der Waals surface area contributed by atoms with E-state index in [0.717, 1.165) is 42.7 Å². The van der Waals surface area contributed by atoms with Crippen molar-refractivity contribution in [1.82, 2.24) is 4.98 Å². The molecule has 244 valence electrons. The number of aromatic nitrogens is 2. The maximum Gasteiger partial charge on any atom is 0.311 e. The summed E-state index contributed by atoms with van der Waals surface area (Å²) in [5.74, 6) is 1.34. The Hall–Kier alpha value is -1.45. The summed E-state index contributed by atoms with van der Waals surface area (Å²) in [6.45, 7) is 12.6. The van der Waals surface area contributed by atoms with Crippen LogP contribution in [0.2, 0.25) is 0 Å². The van der Waals surface area contributed by atoms with E-state index in [1.165, 1.54) is 5.03 Å². The number of carbonyl (C=O) groups is 2. The molecule has 0 aliphatic heterocycles. The molecule has 0 fully saturated rings. The molecule has 0 N–H and O–H groups in total. The van der Waals surface area contributed by atoms with Crippen molar-refractivity contribution < 1.29 is 36.2 Å². The maximum absolute atomic E-state index is 11.7. The van der Waals surface area contributed by atoms with E-state index in [1.807, 2.05) is 85.1 Å². The largest absolute Gasteiger partial charge is 0.464 e. The van der Waals surface area contributed by atoms with E-state index in [1.54, 1.807) is 49.4 Å². The first-order valence-electron chi connectivity index (χ1n) is 13.6. The van der Waals surface area contributed by atoms with E-state index < -0.39 is 10.1 Å². The molecule has 0 amide bonds. The molecule has 43 heavy (non-hydrogen) atoms. The molecule has 14 heteroatoms. The standard InChI is InChI=1S/C14H22NO2S2.C13H19NO2S2.C2H6O3S/c1-5-14(2,3)13(16)17-10-11-18-19-12-8-6-7-9-15(12)4;1-4-13(2,3)12(15)16-9-10-17-18-11-7-5-6-8-14-11;1-5-6(2,3)4/h6-9H,5,10-11H2,1-4H3;5-8H,4,9-10H2,1-3H3;1-2H3/q+1;;. The Balaban J connectivity index is 0.000000692. The summed E-state index contributed by atoms with van der Waals surface area (Å²) in [5.41, 5.74) is -0.748.